The van der Waals surface area contributed by atoms with Gasteiger partial charge in [-0.25, -0.2) is 5.10 Å². The van der Waals surface area contributed by atoms with Crippen molar-refractivity contribution in [3.05, 3.63) is 74.8 Å². The fraction of sp³-hybridized carbons (Fsp3) is 0.143. The van der Waals surface area contributed by atoms with Crippen LogP contribution in [0.3, 0.4) is 0 Å². The Balaban J connectivity index is 1.73. The summed E-state index contributed by atoms with van der Waals surface area (Å²) < 4.78 is 24.7. The lowest BCUT2D eigenvalue weighted by Gasteiger charge is -2.18. The SMILES string of the molecule is [2H]C([2H])([2H])n1ncc(-c2ccc3c(=O)[nH]nc(CN)c3c2)c1N1Cc2c(Cl)cccc2C1=O. The molecular formula is C21H17ClN6O2. The average Bonchev–Trinajstić information content (AvgIpc) is 3.36. The molecular weight excluding hydrogens is 404 g/mol. The van der Waals surface area contributed by atoms with Crippen LogP contribution in [0.1, 0.15) is 25.7 Å². The van der Waals surface area contributed by atoms with E-state index in [4.69, 9.17) is 21.4 Å². The zero-order valence-corrected chi connectivity index (χ0v) is 16.3. The first-order valence-corrected chi connectivity index (χ1v) is 9.48. The highest BCUT2D eigenvalue weighted by molar-refractivity contribution is 6.32. The maximum atomic E-state index is 13.2. The molecule has 5 rings (SSSR count). The smallest absolute Gasteiger partial charge is 0.272 e. The first-order valence-electron chi connectivity index (χ1n) is 10.6. The van der Waals surface area contributed by atoms with Crippen LogP contribution >= 0.6 is 11.6 Å². The molecule has 3 N–H and O–H groups in total. The molecule has 0 atom stereocenters. The number of halogens is 1. The summed E-state index contributed by atoms with van der Waals surface area (Å²) >= 11 is 6.30. The van der Waals surface area contributed by atoms with Crippen molar-refractivity contribution >= 4 is 34.1 Å². The molecule has 0 spiro atoms. The van der Waals surface area contributed by atoms with Gasteiger partial charge in [0.1, 0.15) is 5.82 Å². The van der Waals surface area contributed by atoms with Crippen molar-refractivity contribution in [2.24, 2.45) is 12.7 Å². The number of hydrogen-bond donors (Lipinski definition) is 2. The summed E-state index contributed by atoms with van der Waals surface area (Å²) in [5.41, 5.74) is 7.89. The Labute approximate surface area is 180 Å². The van der Waals surface area contributed by atoms with E-state index in [0.29, 0.717) is 43.7 Å². The molecule has 0 bridgehead atoms. The predicted molar refractivity (Wildman–Crippen MR) is 114 cm³/mol. The van der Waals surface area contributed by atoms with Gasteiger partial charge in [0.15, 0.2) is 0 Å². The number of H-pyrrole nitrogens is 1. The molecule has 1 amide bonds. The molecule has 2 aromatic heterocycles. The number of aromatic amines is 1. The Morgan fingerprint density at radius 1 is 1.23 bits per heavy atom. The van der Waals surface area contributed by atoms with Crippen LogP contribution in [0, 0.1) is 0 Å². The largest absolute Gasteiger partial charge is 0.325 e. The van der Waals surface area contributed by atoms with Crippen molar-refractivity contribution in [1.29, 1.82) is 0 Å². The maximum Gasteiger partial charge on any atom is 0.272 e. The van der Waals surface area contributed by atoms with Gasteiger partial charge in [-0.1, -0.05) is 23.7 Å². The summed E-state index contributed by atoms with van der Waals surface area (Å²) in [6.07, 6.45) is 1.39. The second-order valence-corrected chi connectivity index (χ2v) is 7.32. The van der Waals surface area contributed by atoms with Gasteiger partial charge in [0, 0.05) is 44.7 Å². The number of aryl methyl sites for hydroxylation is 1. The first kappa shape index (κ1) is 15.4. The monoisotopic (exact) mass is 423 g/mol. The van der Waals surface area contributed by atoms with E-state index in [0.717, 1.165) is 4.68 Å². The highest BCUT2D eigenvalue weighted by Crippen LogP contribution is 2.38. The summed E-state index contributed by atoms with van der Waals surface area (Å²) in [6.45, 7) is -2.44. The van der Waals surface area contributed by atoms with E-state index in [1.165, 1.54) is 11.1 Å². The third-order valence-electron chi connectivity index (χ3n) is 5.28. The third-order valence-corrected chi connectivity index (χ3v) is 5.64. The van der Waals surface area contributed by atoms with E-state index in [-0.39, 0.29) is 30.4 Å². The second-order valence-electron chi connectivity index (χ2n) is 6.91. The summed E-state index contributed by atoms with van der Waals surface area (Å²) in [4.78, 5) is 26.8. The number of hydrogen-bond acceptors (Lipinski definition) is 5. The van der Waals surface area contributed by atoms with Crippen molar-refractivity contribution in [3.63, 3.8) is 0 Å². The van der Waals surface area contributed by atoms with Crippen molar-refractivity contribution < 1.29 is 8.91 Å². The number of rotatable bonds is 3. The van der Waals surface area contributed by atoms with Crippen LogP contribution in [0.2, 0.25) is 5.02 Å². The number of benzene rings is 2. The zero-order valence-electron chi connectivity index (χ0n) is 18.5. The molecule has 0 saturated carbocycles. The van der Waals surface area contributed by atoms with Gasteiger partial charge in [-0.3, -0.25) is 19.2 Å². The van der Waals surface area contributed by atoms with E-state index < -0.39 is 6.98 Å². The van der Waals surface area contributed by atoms with E-state index in [1.807, 2.05) is 0 Å². The highest BCUT2D eigenvalue weighted by Gasteiger charge is 2.33. The number of amides is 1. The lowest BCUT2D eigenvalue weighted by Crippen LogP contribution is -2.26. The number of carbonyl (C=O) groups is 1. The van der Waals surface area contributed by atoms with Gasteiger partial charge in [-0.05, 0) is 29.8 Å². The van der Waals surface area contributed by atoms with Crippen molar-refractivity contribution in [2.45, 2.75) is 13.1 Å². The van der Waals surface area contributed by atoms with E-state index in [1.54, 1.807) is 36.4 Å². The van der Waals surface area contributed by atoms with E-state index in [2.05, 4.69) is 15.3 Å². The fourth-order valence-corrected chi connectivity index (χ4v) is 4.05. The minimum atomic E-state index is -2.63. The average molecular weight is 424 g/mol. The predicted octanol–water partition coefficient (Wildman–Crippen LogP) is 2.60. The number of nitrogens with one attached hydrogen (secondary N) is 1. The molecule has 0 radical (unpaired) electrons. The van der Waals surface area contributed by atoms with Crippen LogP contribution in [0.25, 0.3) is 21.9 Å². The number of fused-ring (bicyclic) bond motifs is 2. The number of nitrogens with two attached hydrogens (primary N) is 1. The number of aromatic nitrogens is 4. The molecule has 3 heterocycles. The molecule has 1 aliphatic rings. The van der Waals surface area contributed by atoms with Gasteiger partial charge in [0.05, 0.1) is 23.8 Å². The third kappa shape index (κ3) is 2.65. The molecule has 0 unspecified atom stereocenters. The van der Waals surface area contributed by atoms with Crippen LogP contribution in [-0.4, -0.2) is 25.9 Å². The van der Waals surface area contributed by atoms with Crippen LogP contribution in [-0.2, 0) is 20.1 Å². The topological polar surface area (TPSA) is 110 Å². The standard InChI is InChI=1S/C21H17ClN6O2/c1-27-20(28-10-16-13(21(28)30)3-2-4-17(16)22)15(9-24-27)11-5-6-12-14(7-11)18(8-23)25-26-19(12)29/h2-7,9H,8,10,23H2,1H3,(H,26,29)/i1D3. The van der Waals surface area contributed by atoms with Gasteiger partial charge in [-0.2, -0.15) is 10.2 Å². The van der Waals surface area contributed by atoms with E-state index in [9.17, 15) is 9.59 Å². The number of anilines is 1. The molecule has 9 heteroatoms. The minimum Gasteiger partial charge on any atom is -0.325 e. The summed E-state index contributed by atoms with van der Waals surface area (Å²) in [5.74, 6) is -0.264. The second kappa shape index (κ2) is 6.79. The van der Waals surface area contributed by atoms with Gasteiger partial charge in [0.2, 0.25) is 0 Å². The van der Waals surface area contributed by atoms with Gasteiger partial charge >= 0.3 is 0 Å². The van der Waals surface area contributed by atoms with Crippen LogP contribution < -0.4 is 16.2 Å². The molecule has 2 aromatic carbocycles. The molecule has 30 heavy (non-hydrogen) atoms. The maximum absolute atomic E-state index is 13.2. The zero-order chi connectivity index (χ0) is 23.5. The molecule has 8 nitrogen and oxygen atoms in total. The van der Waals surface area contributed by atoms with Crippen molar-refractivity contribution in [3.8, 4) is 11.1 Å². The first-order chi connectivity index (χ1) is 15.7. The van der Waals surface area contributed by atoms with Crippen LogP contribution in [0.4, 0.5) is 5.82 Å². The Kier molecular flexibility index (Phi) is 3.48. The van der Waals surface area contributed by atoms with Crippen LogP contribution in [0.15, 0.2) is 47.4 Å². The van der Waals surface area contributed by atoms with Gasteiger partial charge in [0.25, 0.3) is 11.5 Å². The Morgan fingerprint density at radius 2 is 2.10 bits per heavy atom. The van der Waals surface area contributed by atoms with Crippen molar-refractivity contribution in [1.82, 2.24) is 20.0 Å². The summed E-state index contributed by atoms with van der Waals surface area (Å²) in [7, 11) is 0. The number of nitrogens with zero attached hydrogens (tertiary/aromatic N) is 4. The van der Waals surface area contributed by atoms with Crippen LogP contribution in [0.5, 0.6) is 0 Å². The number of carbonyl (C=O) groups excluding carboxylic acids is 1. The van der Waals surface area contributed by atoms with Gasteiger partial charge < -0.3 is 5.73 Å². The normalized spacial score (nSPS) is 15.2. The Hall–Kier alpha value is -3.49. The molecule has 0 fully saturated rings. The molecule has 1 aliphatic heterocycles. The minimum absolute atomic E-state index is 0.0938. The summed E-state index contributed by atoms with van der Waals surface area (Å²) in [5, 5.41) is 11.9. The van der Waals surface area contributed by atoms with E-state index >= 15 is 0 Å². The molecule has 150 valence electrons. The summed E-state index contributed by atoms with van der Waals surface area (Å²) in [6, 6.07) is 9.99. The Morgan fingerprint density at radius 3 is 2.87 bits per heavy atom. The lowest BCUT2D eigenvalue weighted by atomic mass is 10.0. The molecule has 4 aromatic rings. The fourth-order valence-electron chi connectivity index (χ4n) is 3.81. The quantitative estimate of drug-likeness (QED) is 0.526. The van der Waals surface area contributed by atoms with Crippen molar-refractivity contribution in [2.75, 3.05) is 4.90 Å². The highest BCUT2D eigenvalue weighted by atomic mass is 35.5. The molecule has 0 saturated heterocycles. The molecule has 0 aliphatic carbocycles. The lowest BCUT2D eigenvalue weighted by molar-refractivity contribution is 0.0995. The Bertz CT molecular complexity index is 1490. The van der Waals surface area contributed by atoms with Gasteiger partial charge in [-0.15, -0.1) is 0 Å².